The summed E-state index contributed by atoms with van der Waals surface area (Å²) in [5, 5.41) is 10.2. The first-order chi connectivity index (χ1) is 14.2. The Bertz CT molecular complexity index is 509. The number of carbonyl (C=O) groups is 1. The molecular formula is C24H41NO4. The lowest BCUT2D eigenvalue weighted by atomic mass is 10.1. The van der Waals surface area contributed by atoms with Gasteiger partial charge in [-0.05, 0) is 31.5 Å². The molecule has 0 amide bonds. The Morgan fingerprint density at radius 3 is 2.48 bits per heavy atom. The summed E-state index contributed by atoms with van der Waals surface area (Å²) >= 11 is 0. The third kappa shape index (κ3) is 14.2. The standard InChI is InChI=1S/C24H41NO4/c1-3-5-6-7-8-12-17-25(4-2)19-23(26)21-28-18-13-16-24(27)29-20-22-14-10-9-11-15-22/h9-11,14-15,23,26H,3-8,12-13,16-21H2,1-2H3. The van der Waals surface area contributed by atoms with Crippen LogP contribution in [0.25, 0.3) is 0 Å². The number of unbranched alkanes of at least 4 members (excludes halogenated alkanes) is 5. The molecule has 166 valence electrons. The van der Waals surface area contributed by atoms with Crippen molar-refractivity contribution in [1.29, 1.82) is 0 Å². The van der Waals surface area contributed by atoms with Crippen molar-refractivity contribution in [2.45, 2.75) is 77.9 Å². The van der Waals surface area contributed by atoms with Crippen LogP contribution in [0.2, 0.25) is 0 Å². The second-order valence-corrected chi connectivity index (χ2v) is 7.64. The van der Waals surface area contributed by atoms with E-state index in [9.17, 15) is 9.90 Å². The van der Waals surface area contributed by atoms with Crippen molar-refractivity contribution in [3.05, 3.63) is 35.9 Å². The molecule has 0 bridgehead atoms. The van der Waals surface area contributed by atoms with Gasteiger partial charge in [0.2, 0.25) is 0 Å². The van der Waals surface area contributed by atoms with Crippen LogP contribution in [-0.2, 0) is 20.9 Å². The summed E-state index contributed by atoms with van der Waals surface area (Å²) < 4.78 is 10.8. The van der Waals surface area contributed by atoms with E-state index in [2.05, 4.69) is 18.7 Å². The van der Waals surface area contributed by atoms with Gasteiger partial charge in [-0.2, -0.15) is 0 Å². The van der Waals surface area contributed by atoms with Gasteiger partial charge in [-0.3, -0.25) is 4.79 Å². The number of hydrogen-bond donors (Lipinski definition) is 1. The third-order valence-corrected chi connectivity index (χ3v) is 4.97. The third-order valence-electron chi connectivity index (χ3n) is 4.97. The van der Waals surface area contributed by atoms with Gasteiger partial charge in [0.15, 0.2) is 0 Å². The van der Waals surface area contributed by atoms with Gasteiger partial charge in [0, 0.05) is 19.6 Å². The Hall–Kier alpha value is -1.43. The van der Waals surface area contributed by atoms with E-state index in [1.807, 2.05) is 30.3 Å². The van der Waals surface area contributed by atoms with E-state index in [4.69, 9.17) is 9.47 Å². The Morgan fingerprint density at radius 2 is 1.76 bits per heavy atom. The number of benzene rings is 1. The Kier molecular flexibility index (Phi) is 15.4. The molecule has 1 aromatic carbocycles. The lowest BCUT2D eigenvalue weighted by Crippen LogP contribution is -2.35. The number of esters is 1. The van der Waals surface area contributed by atoms with E-state index >= 15 is 0 Å². The first kappa shape index (κ1) is 25.6. The highest BCUT2D eigenvalue weighted by atomic mass is 16.5. The van der Waals surface area contributed by atoms with Crippen molar-refractivity contribution in [3.8, 4) is 0 Å². The highest BCUT2D eigenvalue weighted by Gasteiger charge is 2.11. The quantitative estimate of drug-likeness (QED) is 0.285. The fourth-order valence-corrected chi connectivity index (χ4v) is 3.19. The molecule has 0 spiro atoms. The maximum atomic E-state index is 11.7. The predicted molar refractivity (Wildman–Crippen MR) is 118 cm³/mol. The minimum absolute atomic E-state index is 0.214. The number of aliphatic hydroxyl groups is 1. The van der Waals surface area contributed by atoms with Gasteiger partial charge in [0.1, 0.15) is 6.61 Å². The monoisotopic (exact) mass is 407 g/mol. The molecule has 0 fully saturated rings. The van der Waals surface area contributed by atoms with E-state index in [1.54, 1.807) is 0 Å². The lowest BCUT2D eigenvalue weighted by molar-refractivity contribution is -0.145. The van der Waals surface area contributed by atoms with Crippen molar-refractivity contribution in [1.82, 2.24) is 4.90 Å². The SMILES string of the molecule is CCCCCCCCN(CC)CC(O)COCCCC(=O)OCc1ccccc1. The number of nitrogens with zero attached hydrogens (tertiary/aromatic N) is 1. The molecule has 0 radical (unpaired) electrons. The molecule has 1 rings (SSSR count). The van der Waals surface area contributed by atoms with Crippen LogP contribution >= 0.6 is 0 Å². The Morgan fingerprint density at radius 1 is 1.03 bits per heavy atom. The van der Waals surface area contributed by atoms with E-state index in [-0.39, 0.29) is 5.97 Å². The smallest absolute Gasteiger partial charge is 0.306 e. The van der Waals surface area contributed by atoms with E-state index < -0.39 is 6.10 Å². The summed E-state index contributed by atoms with van der Waals surface area (Å²) in [4.78, 5) is 14.0. The lowest BCUT2D eigenvalue weighted by Gasteiger charge is -2.23. The van der Waals surface area contributed by atoms with Crippen LogP contribution in [0.1, 0.15) is 70.8 Å². The number of likely N-dealkylation sites (N-methyl/N-ethyl adjacent to an activating group) is 1. The zero-order chi connectivity index (χ0) is 21.2. The first-order valence-electron chi connectivity index (χ1n) is 11.3. The second kappa shape index (κ2) is 17.4. The molecule has 1 unspecified atom stereocenters. The number of ether oxygens (including phenoxy) is 2. The minimum atomic E-state index is -0.486. The summed E-state index contributed by atoms with van der Waals surface area (Å²) in [7, 11) is 0. The Balaban J connectivity index is 2.01. The van der Waals surface area contributed by atoms with Crippen molar-refractivity contribution in [2.75, 3.05) is 32.8 Å². The van der Waals surface area contributed by atoms with Gasteiger partial charge in [-0.25, -0.2) is 0 Å². The van der Waals surface area contributed by atoms with E-state index in [0.717, 1.165) is 18.7 Å². The van der Waals surface area contributed by atoms with Crippen LogP contribution in [0.3, 0.4) is 0 Å². The molecule has 29 heavy (non-hydrogen) atoms. The van der Waals surface area contributed by atoms with E-state index in [1.165, 1.54) is 38.5 Å². The first-order valence-corrected chi connectivity index (χ1v) is 11.3. The zero-order valence-corrected chi connectivity index (χ0v) is 18.5. The number of rotatable bonds is 18. The minimum Gasteiger partial charge on any atom is -0.461 e. The summed E-state index contributed by atoms with van der Waals surface area (Å²) in [6, 6.07) is 9.66. The summed E-state index contributed by atoms with van der Waals surface area (Å²) in [6.45, 7) is 8.07. The average molecular weight is 408 g/mol. The molecule has 5 heteroatoms. The van der Waals surface area contributed by atoms with Crippen LogP contribution in [0.5, 0.6) is 0 Å². The number of carbonyl (C=O) groups excluding carboxylic acids is 1. The zero-order valence-electron chi connectivity index (χ0n) is 18.5. The van der Waals surface area contributed by atoms with Crippen LogP contribution in [0.15, 0.2) is 30.3 Å². The second-order valence-electron chi connectivity index (χ2n) is 7.64. The van der Waals surface area contributed by atoms with Crippen molar-refractivity contribution < 1.29 is 19.4 Å². The molecule has 0 saturated heterocycles. The normalized spacial score (nSPS) is 12.3. The molecule has 5 nitrogen and oxygen atoms in total. The molecule has 0 aromatic heterocycles. The van der Waals surface area contributed by atoms with Crippen molar-refractivity contribution in [3.63, 3.8) is 0 Å². The molecule has 0 heterocycles. The number of hydrogen-bond acceptors (Lipinski definition) is 5. The molecule has 0 saturated carbocycles. The fourth-order valence-electron chi connectivity index (χ4n) is 3.19. The fraction of sp³-hybridized carbons (Fsp3) is 0.708. The van der Waals surface area contributed by atoms with Crippen LogP contribution in [0, 0.1) is 0 Å². The van der Waals surface area contributed by atoms with Crippen molar-refractivity contribution >= 4 is 5.97 Å². The van der Waals surface area contributed by atoms with Gasteiger partial charge in [0.05, 0.1) is 12.7 Å². The van der Waals surface area contributed by atoms with Crippen LogP contribution < -0.4 is 0 Å². The maximum Gasteiger partial charge on any atom is 0.306 e. The molecule has 1 atom stereocenters. The maximum absolute atomic E-state index is 11.7. The van der Waals surface area contributed by atoms with Gasteiger partial charge < -0.3 is 19.5 Å². The molecule has 1 aromatic rings. The van der Waals surface area contributed by atoms with Gasteiger partial charge in [-0.15, -0.1) is 0 Å². The van der Waals surface area contributed by atoms with Crippen LogP contribution in [0.4, 0.5) is 0 Å². The highest BCUT2D eigenvalue weighted by molar-refractivity contribution is 5.69. The average Bonchev–Trinajstić information content (AvgIpc) is 2.74. The number of aliphatic hydroxyl groups excluding tert-OH is 1. The molecular weight excluding hydrogens is 366 g/mol. The van der Waals surface area contributed by atoms with Gasteiger partial charge in [0.25, 0.3) is 0 Å². The molecule has 0 aliphatic heterocycles. The molecule has 0 aliphatic rings. The summed E-state index contributed by atoms with van der Waals surface area (Å²) in [6.07, 6.45) is 8.17. The van der Waals surface area contributed by atoms with Gasteiger partial charge >= 0.3 is 5.97 Å². The predicted octanol–water partition coefficient (Wildman–Crippen LogP) is 4.57. The largest absolute Gasteiger partial charge is 0.461 e. The van der Waals surface area contributed by atoms with E-state index in [0.29, 0.717) is 39.2 Å². The summed E-state index contributed by atoms with van der Waals surface area (Å²) in [5.41, 5.74) is 0.988. The highest BCUT2D eigenvalue weighted by Crippen LogP contribution is 2.07. The van der Waals surface area contributed by atoms with Crippen LogP contribution in [-0.4, -0.2) is 54.9 Å². The molecule has 0 aliphatic carbocycles. The summed E-state index contributed by atoms with van der Waals surface area (Å²) in [5.74, 6) is -0.214. The Labute approximate surface area is 177 Å². The van der Waals surface area contributed by atoms with Crippen molar-refractivity contribution in [2.24, 2.45) is 0 Å². The van der Waals surface area contributed by atoms with Gasteiger partial charge in [-0.1, -0.05) is 76.3 Å². The molecule has 1 N–H and O–H groups in total. The topological polar surface area (TPSA) is 59.0 Å².